The molecule has 0 aromatic carbocycles. The van der Waals surface area contributed by atoms with Crippen molar-refractivity contribution in [2.45, 2.75) is 44.7 Å². The molecule has 1 aromatic heterocycles. The standard InChI is InChI=1S/C12H23N3O3S/c1-5-11(6-2)15(7-8-16)19(17,18)12-9-14(4)10(3)13-12/h9,11,16H,5-8H2,1-4H3. The number of hydrogen-bond acceptors (Lipinski definition) is 4. The molecule has 1 heterocycles. The van der Waals surface area contributed by atoms with Crippen LogP contribution in [0.2, 0.25) is 0 Å². The zero-order valence-electron chi connectivity index (χ0n) is 12.0. The first-order valence-electron chi connectivity index (χ1n) is 6.51. The van der Waals surface area contributed by atoms with Crippen molar-refractivity contribution in [3.63, 3.8) is 0 Å². The number of aliphatic hydroxyl groups excluding tert-OH is 1. The zero-order chi connectivity index (χ0) is 14.6. The molecule has 110 valence electrons. The summed E-state index contributed by atoms with van der Waals surface area (Å²) >= 11 is 0. The van der Waals surface area contributed by atoms with Crippen molar-refractivity contribution in [2.24, 2.45) is 7.05 Å². The third kappa shape index (κ3) is 3.34. The fraction of sp³-hybridized carbons (Fsp3) is 0.750. The fourth-order valence-electron chi connectivity index (χ4n) is 2.06. The Hall–Kier alpha value is -0.920. The van der Waals surface area contributed by atoms with Gasteiger partial charge in [0, 0.05) is 25.8 Å². The number of hydrogen-bond donors (Lipinski definition) is 1. The number of aromatic nitrogens is 2. The van der Waals surface area contributed by atoms with Crippen molar-refractivity contribution in [3.05, 3.63) is 12.0 Å². The predicted octanol–water partition coefficient (Wildman–Crippen LogP) is 0.900. The summed E-state index contributed by atoms with van der Waals surface area (Å²) in [5.74, 6) is 0.645. The molecule has 0 unspecified atom stereocenters. The van der Waals surface area contributed by atoms with Crippen LogP contribution in [-0.4, -0.2) is 46.6 Å². The molecule has 0 aliphatic carbocycles. The maximum atomic E-state index is 12.6. The van der Waals surface area contributed by atoms with Crippen LogP contribution >= 0.6 is 0 Å². The summed E-state index contributed by atoms with van der Waals surface area (Å²) in [6, 6.07) is -0.112. The maximum absolute atomic E-state index is 12.6. The molecule has 0 saturated heterocycles. The van der Waals surface area contributed by atoms with Gasteiger partial charge < -0.3 is 9.67 Å². The van der Waals surface area contributed by atoms with Crippen LogP contribution in [0, 0.1) is 6.92 Å². The summed E-state index contributed by atoms with van der Waals surface area (Å²) < 4.78 is 28.2. The Morgan fingerprint density at radius 3 is 2.37 bits per heavy atom. The van der Waals surface area contributed by atoms with E-state index in [-0.39, 0.29) is 24.2 Å². The molecule has 19 heavy (non-hydrogen) atoms. The van der Waals surface area contributed by atoms with Crippen LogP contribution in [0.3, 0.4) is 0 Å². The molecule has 0 fully saturated rings. The van der Waals surface area contributed by atoms with Crippen LogP contribution in [-0.2, 0) is 17.1 Å². The Balaban J connectivity index is 3.19. The number of aryl methyl sites for hydroxylation is 2. The molecular formula is C12H23N3O3S. The molecule has 1 aromatic rings. The second kappa shape index (κ2) is 6.49. The van der Waals surface area contributed by atoms with Crippen LogP contribution in [0.25, 0.3) is 0 Å². The van der Waals surface area contributed by atoms with Gasteiger partial charge in [0.15, 0.2) is 5.03 Å². The highest BCUT2D eigenvalue weighted by Gasteiger charge is 2.31. The van der Waals surface area contributed by atoms with Crippen LogP contribution in [0.4, 0.5) is 0 Å². The van der Waals surface area contributed by atoms with Gasteiger partial charge >= 0.3 is 0 Å². The van der Waals surface area contributed by atoms with Gasteiger partial charge in [-0.3, -0.25) is 0 Å². The van der Waals surface area contributed by atoms with Gasteiger partial charge in [0.1, 0.15) is 5.82 Å². The van der Waals surface area contributed by atoms with Gasteiger partial charge in [-0.1, -0.05) is 13.8 Å². The SMILES string of the molecule is CCC(CC)N(CCO)S(=O)(=O)c1cn(C)c(C)n1. The molecule has 1 rings (SSSR count). The highest BCUT2D eigenvalue weighted by atomic mass is 32.2. The van der Waals surface area contributed by atoms with Crippen LogP contribution < -0.4 is 0 Å². The third-order valence-corrected chi connectivity index (χ3v) is 5.15. The van der Waals surface area contributed by atoms with Gasteiger partial charge in [0.05, 0.1) is 6.61 Å². The van der Waals surface area contributed by atoms with E-state index in [4.69, 9.17) is 5.11 Å². The molecular weight excluding hydrogens is 266 g/mol. The van der Waals surface area contributed by atoms with Crippen molar-refractivity contribution in [2.75, 3.05) is 13.2 Å². The minimum atomic E-state index is -3.65. The maximum Gasteiger partial charge on any atom is 0.262 e. The predicted molar refractivity (Wildman–Crippen MR) is 73.3 cm³/mol. The van der Waals surface area contributed by atoms with E-state index < -0.39 is 10.0 Å². The van der Waals surface area contributed by atoms with E-state index in [0.29, 0.717) is 18.7 Å². The Bertz CT molecular complexity index is 487. The summed E-state index contributed by atoms with van der Waals surface area (Å²) in [5.41, 5.74) is 0. The highest BCUT2D eigenvalue weighted by Crippen LogP contribution is 2.20. The lowest BCUT2D eigenvalue weighted by Crippen LogP contribution is -2.41. The minimum absolute atomic E-state index is 0.0489. The summed E-state index contributed by atoms with van der Waals surface area (Å²) in [5, 5.41) is 9.16. The summed E-state index contributed by atoms with van der Waals surface area (Å²) in [7, 11) is -1.89. The van der Waals surface area contributed by atoms with Gasteiger partial charge in [-0.2, -0.15) is 4.31 Å². The Labute approximate surface area is 115 Å². The first kappa shape index (κ1) is 16.1. The van der Waals surface area contributed by atoms with Gasteiger partial charge in [0.25, 0.3) is 10.0 Å². The molecule has 1 N–H and O–H groups in total. The first-order valence-corrected chi connectivity index (χ1v) is 7.95. The Morgan fingerprint density at radius 2 is 2.00 bits per heavy atom. The lowest BCUT2D eigenvalue weighted by atomic mass is 10.2. The second-order valence-corrected chi connectivity index (χ2v) is 6.38. The molecule has 6 nitrogen and oxygen atoms in total. The monoisotopic (exact) mass is 289 g/mol. The average Bonchev–Trinajstić information content (AvgIpc) is 2.70. The number of nitrogens with zero attached hydrogens (tertiary/aromatic N) is 3. The minimum Gasteiger partial charge on any atom is -0.395 e. The molecule has 0 radical (unpaired) electrons. The Kier molecular flexibility index (Phi) is 5.51. The molecule has 0 aliphatic heterocycles. The van der Waals surface area contributed by atoms with E-state index in [2.05, 4.69) is 4.98 Å². The fourth-order valence-corrected chi connectivity index (χ4v) is 3.86. The van der Waals surface area contributed by atoms with Gasteiger partial charge in [-0.05, 0) is 19.8 Å². The van der Waals surface area contributed by atoms with Crippen molar-refractivity contribution in [3.8, 4) is 0 Å². The number of imidazole rings is 1. The topological polar surface area (TPSA) is 75.4 Å². The van der Waals surface area contributed by atoms with E-state index in [1.807, 2.05) is 13.8 Å². The van der Waals surface area contributed by atoms with Gasteiger partial charge in [-0.25, -0.2) is 13.4 Å². The number of rotatable bonds is 7. The quantitative estimate of drug-likeness (QED) is 0.809. The summed E-state index contributed by atoms with van der Waals surface area (Å²) in [6.07, 6.45) is 2.93. The number of sulfonamides is 1. The smallest absolute Gasteiger partial charge is 0.262 e. The second-order valence-electron chi connectivity index (χ2n) is 4.55. The normalized spacial score (nSPS) is 12.6. The van der Waals surface area contributed by atoms with Crippen molar-refractivity contribution >= 4 is 10.0 Å². The lowest BCUT2D eigenvalue weighted by Gasteiger charge is -2.28. The molecule has 0 bridgehead atoms. The largest absolute Gasteiger partial charge is 0.395 e. The van der Waals surface area contributed by atoms with Crippen LogP contribution in [0.5, 0.6) is 0 Å². The highest BCUT2D eigenvalue weighted by molar-refractivity contribution is 7.89. The summed E-state index contributed by atoms with van der Waals surface area (Å²) in [4.78, 5) is 4.09. The number of aliphatic hydroxyl groups is 1. The van der Waals surface area contributed by atoms with Crippen LogP contribution in [0.15, 0.2) is 11.2 Å². The molecule has 0 atom stereocenters. The zero-order valence-corrected chi connectivity index (χ0v) is 12.8. The Morgan fingerprint density at radius 1 is 1.42 bits per heavy atom. The molecule has 0 aliphatic rings. The molecule has 0 spiro atoms. The van der Waals surface area contributed by atoms with Crippen molar-refractivity contribution < 1.29 is 13.5 Å². The third-order valence-electron chi connectivity index (χ3n) is 3.33. The first-order chi connectivity index (χ1) is 8.88. The van der Waals surface area contributed by atoms with Crippen molar-refractivity contribution in [1.29, 1.82) is 0 Å². The van der Waals surface area contributed by atoms with E-state index in [1.54, 1.807) is 18.5 Å². The van der Waals surface area contributed by atoms with Crippen LogP contribution in [0.1, 0.15) is 32.5 Å². The molecule has 0 amide bonds. The van der Waals surface area contributed by atoms with Gasteiger partial charge in [-0.15, -0.1) is 0 Å². The van der Waals surface area contributed by atoms with Crippen molar-refractivity contribution in [1.82, 2.24) is 13.9 Å². The summed E-state index contributed by atoms with van der Waals surface area (Å²) in [6.45, 7) is 5.55. The average molecular weight is 289 g/mol. The van der Waals surface area contributed by atoms with E-state index in [0.717, 1.165) is 0 Å². The van der Waals surface area contributed by atoms with Gasteiger partial charge in [0.2, 0.25) is 0 Å². The lowest BCUT2D eigenvalue weighted by molar-refractivity contribution is 0.219. The van der Waals surface area contributed by atoms with E-state index >= 15 is 0 Å². The van der Waals surface area contributed by atoms with E-state index in [9.17, 15) is 8.42 Å². The van der Waals surface area contributed by atoms with E-state index in [1.165, 1.54) is 10.5 Å². The molecule has 0 saturated carbocycles. The molecule has 7 heteroatoms.